The lowest BCUT2D eigenvalue weighted by Crippen LogP contribution is -2.39. The molecule has 1 aromatic rings. The molecule has 1 aromatic heterocycles. The Morgan fingerprint density at radius 3 is 2.48 bits per heavy atom. The minimum Gasteiger partial charge on any atom is -0.348 e. The molecule has 4 heteroatoms. The molecular formula is C17H29N3S. The van der Waals surface area contributed by atoms with Gasteiger partial charge in [0.05, 0.1) is 5.69 Å². The number of anilines is 1. The van der Waals surface area contributed by atoms with Gasteiger partial charge in [-0.2, -0.15) is 0 Å². The topological polar surface area (TPSA) is 28.2 Å². The second-order valence-corrected chi connectivity index (χ2v) is 8.76. The van der Waals surface area contributed by atoms with E-state index in [0.29, 0.717) is 5.41 Å². The second-order valence-electron chi connectivity index (χ2n) is 7.92. The van der Waals surface area contributed by atoms with Gasteiger partial charge >= 0.3 is 0 Å². The van der Waals surface area contributed by atoms with E-state index >= 15 is 0 Å². The van der Waals surface area contributed by atoms with Gasteiger partial charge in [0.2, 0.25) is 0 Å². The van der Waals surface area contributed by atoms with Crippen LogP contribution in [0.3, 0.4) is 0 Å². The molecule has 2 fully saturated rings. The van der Waals surface area contributed by atoms with Crippen LogP contribution in [-0.2, 0) is 6.54 Å². The molecular weight excluding hydrogens is 278 g/mol. The van der Waals surface area contributed by atoms with Crippen LogP contribution in [0.2, 0.25) is 0 Å². The first-order valence-electron chi connectivity index (χ1n) is 8.40. The van der Waals surface area contributed by atoms with Crippen LogP contribution in [0.1, 0.15) is 65.0 Å². The quantitative estimate of drug-likeness (QED) is 0.907. The Kier molecular flexibility index (Phi) is 4.28. The Hall–Kier alpha value is -0.610. The molecule has 21 heavy (non-hydrogen) atoms. The summed E-state index contributed by atoms with van der Waals surface area (Å²) >= 11 is 1.81. The lowest BCUT2D eigenvalue weighted by molar-refractivity contribution is 0.226. The number of hydrogen-bond donors (Lipinski definition) is 1. The van der Waals surface area contributed by atoms with Crippen LogP contribution in [0, 0.1) is 5.41 Å². The molecule has 2 heterocycles. The summed E-state index contributed by atoms with van der Waals surface area (Å²) in [5.41, 5.74) is 2.04. The number of nitrogens with zero attached hydrogens (tertiary/aromatic N) is 2. The first-order chi connectivity index (χ1) is 9.96. The van der Waals surface area contributed by atoms with Gasteiger partial charge in [-0.1, -0.05) is 12.8 Å². The third-order valence-corrected chi connectivity index (χ3v) is 6.05. The lowest BCUT2D eigenvalue weighted by Gasteiger charge is -2.39. The van der Waals surface area contributed by atoms with Crippen molar-refractivity contribution < 1.29 is 0 Å². The summed E-state index contributed by atoms with van der Waals surface area (Å²) in [7, 11) is 0. The average Bonchev–Trinajstić information content (AvgIpc) is 3.07. The Morgan fingerprint density at radius 2 is 1.86 bits per heavy atom. The van der Waals surface area contributed by atoms with Gasteiger partial charge in [-0.3, -0.25) is 0 Å². The van der Waals surface area contributed by atoms with Gasteiger partial charge in [-0.05, 0) is 51.9 Å². The molecule has 1 aliphatic heterocycles. The minimum atomic E-state index is 0.157. The first-order valence-corrected chi connectivity index (χ1v) is 9.28. The predicted octanol–water partition coefficient (Wildman–Crippen LogP) is 4.19. The molecule has 0 unspecified atom stereocenters. The first kappa shape index (κ1) is 15.3. The zero-order valence-corrected chi connectivity index (χ0v) is 14.6. The molecule has 3 rings (SSSR count). The van der Waals surface area contributed by atoms with Crippen molar-refractivity contribution in [2.45, 2.75) is 71.4 Å². The molecule has 1 aliphatic carbocycles. The maximum Gasteiger partial charge on any atom is 0.185 e. The van der Waals surface area contributed by atoms with Crippen LogP contribution in [0.5, 0.6) is 0 Å². The summed E-state index contributed by atoms with van der Waals surface area (Å²) < 4.78 is 0. The molecule has 118 valence electrons. The van der Waals surface area contributed by atoms with Gasteiger partial charge in [0.25, 0.3) is 0 Å². The normalized spacial score (nSPS) is 22.1. The molecule has 0 atom stereocenters. The van der Waals surface area contributed by atoms with Gasteiger partial charge in [0, 0.05) is 30.6 Å². The highest BCUT2D eigenvalue weighted by atomic mass is 32.1. The standard InChI is InChI=1S/C17H29N3S/c1-16(2,3)18-12-14-13-21-15(19-14)20-10-8-17(9-11-20)6-4-5-7-17/h13,18H,4-12H2,1-3H3. The van der Waals surface area contributed by atoms with Crippen LogP contribution >= 0.6 is 11.3 Å². The summed E-state index contributed by atoms with van der Waals surface area (Å²) in [6.07, 6.45) is 8.61. The van der Waals surface area contributed by atoms with Crippen LogP contribution in [0.15, 0.2) is 5.38 Å². The molecule has 0 radical (unpaired) electrons. The Bertz CT molecular complexity index is 459. The van der Waals surface area contributed by atoms with E-state index < -0.39 is 0 Å². The van der Waals surface area contributed by atoms with Crippen LogP contribution in [-0.4, -0.2) is 23.6 Å². The number of rotatable bonds is 3. The fraction of sp³-hybridized carbons (Fsp3) is 0.824. The maximum absolute atomic E-state index is 4.83. The molecule has 1 saturated heterocycles. The van der Waals surface area contributed by atoms with E-state index in [4.69, 9.17) is 4.98 Å². The van der Waals surface area contributed by atoms with E-state index in [1.807, 2.05) is 11.3 Å². The highest BCUT2D eigenvalue weighted by molar-refractivity contribution is 7.13. The summed E-state index contributed by atoms with van der Waals surface area (Å²) in [5.74, 6) is 0. The minimum absolute atomic E-state index is 0.157. The number of thiazole rings is 1. The van der Waals surface area contributed by atoms with Gasteiger partial charge in [0.1, 0.15) is 0 Å². The van der Waals surface area contributed by atoms with Crippen molar-refractivity contribution in [3.8, 4) is 0 Å². The third-order valence-electron chi connectivity index (χ3n) is 5.10. The molecule has 0 aromatic carbocycles. The van der Waals surface area contributed by atoms with Crippen LogP contribution in [0.4, 0.5) is 5.13 Å². The van der Waals surface area contributed by atoms with Crippen molar-refractivity contribution in [1.82, 2.24) is 10.3 Å². The lowest BCUT2D eigenvalue weighted by atomic mass is 9.77. The molecule has 1 spiro atoms. The highest BCUT2D eigenvalue weighted by Crippen LogP contribution is 2.46. The average molecular weight is 308 g/mol. The van der Waals surface area contributed by atoms with E-state index in [1.54, 1.807) is 0 Å². The predicted molar refractivity (Wildman–Crippen MR) is 91.1 cm³/mol. The molecule has 1 N–H and O–H groups in total. The molecule has 2 aliphatic rings. The second kappa shape index (κ2) is 5.88. The van der Waals surface area contributed by atoms with E-state index in [0.717, 1.165) is 6.54 Å². The smallest absolute Gasteiger partial charge is 0.185 e. The van der Waals surface area contributed by atoms with Gasteiger partial charge < -0.3 is 10.2 Å². The molecule has 0 amide bonds. The summed E-state index contributed by atoms with van der Waals surface area (Å²) in [6.45, 7) is 9.89. The Morgan fingerprint density at radius 1 is 1.19 bits per heavy atom. The van der Waals surface area contributed by atoms with Gasteiger partial charge in [0.15, 0.2) is 5.13 Å². The van der Waals surface area contributed by atoms with Gasteiger partial charge in [-0.15, -0.1) is 11.3 Å². The third kappa shape index (κ3) is 3.78. The van der Waals surface area contributed by atoms with Crippen molar-refractivity contribution in [1.29, 1.82) is 0 Å². The monoisotopic (exact) mass is 307 g/mol. The molecule has 0 bridgehead atoms. The number of piperidine rings is 1. The zero-order valence-electron chi connectivity index (χ0n) is 13.7. The van der Waals surface area contributed by atoms with Crippen molar-refractivity contribution in [3.63, 3.8) is 0 Å². The number of nitrogens with one attached hydrogen (secondary N) is 1. The fourth-order valence-corrected chi connectivity index (χ4v) is 4.55. The number of aromatic nitrogens is 1. The summed E-state index contributed by atoms with van der Waals surface area (Å²) in [4.78, 5) is 7.34. The summed E-state index contributed by atoms with van der Waals surface area (Å²) in [5, 5.41) is 6.97. The van der Waals surface area contributed by atoms with Crippen LogP contribution < -0.4 is 10.2 Å². The van der Waals surface area contributed by atoms with E-state index in [-0.39, 0.29) is 5.54 Å². The van der Waals surface area contributed by atoms with Crippen molar-refractivity contribution in [2.75, 3.05) is 18.0 Å². The van der Waals surface area contributed by atoms with E-state index in [9.17, 15) is 0 Å². The van der Waals surface area contributed by atoms with Gasteiger partial charge in [-0.25, -0.2) is 4.98 Å². The fourth-order valence-electron chi connectivity index (χ4n) is 3.68. The Labute approximate surface area is 133 Å². The number of hydrogen-bond acceptors (Lipinski definition) is 4. The molecule has 1 saturated carbocycles. The van der Waals surface area contributed by atoms with Crippen molar-refractivity contribution >= 4 is 16.5 Å². The largest absolute Gasteiger partial charge is 0.348 e. The zero-order chi connectivity index (χ0) is 14.9. The SMILES string of the molecule is CC(C)(C)NCc1csc(N2CCC3(CCCC3)CC2)n1. The Balaban J connectivity index is 1.55. The maximum atomic E-state index is 4.83. The summed E-state index contributed by atoms with van der Waals surface area (Å²) in [6, 6.07) is 0. The highest BCUT2D eigenvalue weighted by Gasteiger charge is 2.37. The molecule has 3 nitrogen and oxygen atoms in total. The van der Waals surface area contributed by atoms with Crippen LogP contribution in [0.25, 0.3) is 0 Å². The van der Waals surface area contributed by atoms with Crippen molar-refractivity contribution in [2.24, 2.45) is 5.41 Å². The van der Waals surface area contributed by atoms with E-state index in [2.05, 4.69) is 36.4 Å². The van der Waals surface area contributed by atoms with Crippen molar-refractivity contribution in [3.05, 3.63) is 11.1 Å². The van der Waals surface area contributed by atoms with E-state index in [1.165, 1.54) is 62.4 Å².